The van der Waals surface area contributed by atoms with Crippen molar-refractivity contribution in [1.82, 2.24) is 9.88 Å². The highest BCUT2D eigenvalue weighted by atomic mass is 16.5. The van der Waals surface area contributed by atoms with Crippen molar-refractivity contribution < 1.29 is 19.0 Å². The van der Waals surface area contributed by atoms with Crippen LogP contribution in [0.1, 0.15) is 35.6 Å². The third-order valence-electron chi connectivity index (χ3n) is 6.39. The van der Waals surface area contributed by atoms with E-state index in [9.17, 15) is 4.79 Å². The zero-order valence-corrected chi connectivity index (χ0v) is 19.2. The number of aromatic nitrogens is 1. The Morgan fingerprint density at radius 3 is 2.59 bits per heavy atom. The molecule has 6 nitrogen and oxygen atoms in total. The van der Waals surface area contributed by atoms with E-state index in [1.165, 1.54) is 0 Å². The maximum atomic E-state index is 13.2. The number of hydrogen-bond acceptors (Lipinski definition) is 5. The quantitative estimate of drug-likeness (QED) is 0.571. The fourth-order valence-corrected chi connectivity index (χ4v) is 4.55. The van der Waals surface area contributed by atoms with E-state index in [2.05, 4.69) is 13.0 Å². The highest BCUT2D eigenvalue weighted by Gasteiger charge is 2.26. The molecule has 1 saturated heterocycles. The van der Waals surface area contributed by atoms with Crippen molar-refractivity contribution >= 4 is 16.7 Å². The highest BCUT2D eigenvalue weighted by molar-refractivity contribution is 5.87. The number of carbonyl (C=O) groups is 1. The molecular formula is C26H30N2O4. The van der Waals surface area contributed by atoms with Crippen LogP contribution in [-0.4, -0.2) is 50.2 Å². The molecule has 1 aliphatic rings. The van der Waals surface area contributed by atoms with Crippen molar-refractivity contribution in [3.8, 4) is 17.2 Å². The van der Waals surface area contributed by atoms with Gasteiger partial charge in [-0.1, -0.05) is 0 Å². The molecule has 3 aromatic rings. The van der Waals surface area contributed by atoms with Crippen LogP contribution in [0, 0.1) is 6.92 Å². The summed E-state index contributed by atoms with van der Waals surface area (Å²) in [6.07, 6.45) is 4.20. The number of methoxy groups -OCH3 is 3. The second-order valence-electron chi connectivity index (χ2n) is 8.26. The van der Waals surface area contributed by atoms with E-state index in [-0.39, 0.29) is 18.2 Å². The molecule has 1 amide bonds. The first-order valence-electron chi connectivity index (χ1n) is 11.0. The van der Waals surface area contributed by atoms with E-state index in [1.807, 2.05) is 41.4 Å². The highest BCUT2D eigenvalue weighted by Crippen LogP contribution is 2.32. The second kappa shape index (κ2) is 9.47. The molecule has 0 spiro atoms. The number of amides is 1. The smallest absolute Gasteiger partial charge is 0.227 e. The van der Waals surface area contributed by atoms with E-state index in [0.29, 0.717) is 12.3 Å². The van der Waals surface area contributed by atoms with Crippen molar-refractivity contribution in [2.45, 2.75) is 32.1 Å². The van der Waals surface area contributed by atoms with Crippen LogP contribution >= 0.6 is 0 Å². The standard InChI is InChI=1S/C26H30N2O4/c1-17-22-14-23(27-15-18(22)7-9-24(17)31-3)19-6-5-11-28(16-19)26(29)13-20-12-21(30-2)8-10-25(20)32-4/h7-10,12,14-15,19H,5-6,11,13,16H2,1-4H3/t19-/m0/s1. The molecule has 0 saturated carbocycles. The largest absolute Gasteiger partial charge is 0.497 e. The lowest BCUT2D eigenvalue weighted by molar-refractivity contribution is -0.131. The number of fused-ring (bicyclic) bond motifs is 1. The van der Waals surface area contributed by atoms with Crippen LogP contribution in [0.15, 0.2) is 42.6 Å². The van der Waals surface area contributed by atoms with E-state index in [0.717, 1.165) is 58.5 Å². The van der Waals surface area contributed by atoms with E-state index < -0.39 is 0 Å². The van der Waals surface area contributed by atoms with Crippen molar-refractivity contribution in [2.24, 2.45) is 0 Å². The number of piperidine rings is 1. The first-order chi connectivity index (χ1) is 15.5. The second-order valence-corrected chi connectivity index (χ2v) is 8.26. The Morgan fingerprint density at radius 1 is 1.06 bits per heavy atom. The number of hydrogen-bond donors (Lipinski definition) is 0. The minimum atomic E-state index is 0.0971. The Morgan fingerprint density at radius 2 is 1.84 bits per heavy atom. The summed E-state index contributed by atoms with van der Waals surface area (Å²) in [5.41, 5.74) is 2.98. The molecule has 168 valence electrons. The summed E-state index contributed by atoms with van der Waals surface area (Å²) in [7, 11) is 4.93. The minimum Gasteiger partial charge on any atom is -0.497 e. The van der Waals surface area contributed by atoms with Crippen molar-refractivity contribution in [1.29, 1.82) is 0 Å². The summed E-state index contributed by atoms with van der Waals surface area (Å²) in [6, 6.07) is 11.7. The van der Waals surface area contributed by atoms with Crippen LogP contribution < -0.4 is 14.2 Å². The lowest BCUT2D eigenvalue weighted by Crippen LogP contribution is -2.40. The molecule has 0 N–H and O–H groups in total. The number of ether oxygens (including phenoxy) is 3. The number of benzene rings is 2. The van der Waals surface area contributed by atoms with Gasteiger partial charge in [-0.05, 0) is 67.1 Å². The molecule has 0 radical (unpaired) electrons. The molecule has 0 aliphatic carbocycles. The molecular weight excluding hydrogens is 404 g/mol. The molecule has 1 fully saturated rings. The Labute approximate surface area is 189 Å². The van der Waals surface area contributed by atoms with Gasteiger partial charge in [0.05, 0.1) is 27.8 Å². The summed E-state index contributed by atoms with van der Waals surface area (Å²) in [4.78, 5) is 19.9. The molecule has 4 rings (SSSR count). The average Bonchev–Trinajstić information content (AvgIpc) is 2.84. The van der Waals surface area contributed by atoms with Crippen LogP contribution in [0.2, 0.25) is 0 Å². The fraction of sp³-hybridized carbons (Fsp3) is 0.385. The van der Waals surface area contributed by atoms with Gasteiger partial charge in [0.15, 0.2) is 0 Å². The molecule has 6 heteroatoms. The molecule has 32 heavy (non-hydrogen) atoms. The van der Waals surface area contributed by atoms with Gasteiger partial charge in [0.2, 0.25) is 5.91 Å². The monoisotopic (exact) mass is 434 g/mol. The topological polar surface area (TPSA) is 60.9 Å². The van der Waals surface area contributed by atoms with Gasteiger partial charge in [0.25, 0.3) is 0 Å². The summed E-state index contributed by atoms with van der Waals surface area (Å²) < 4.78 is 16.3. The number of nitrogens with zero attached hydrogens (tertiary/aromatic N) is 2. The van der Waals surface area contributed by atoms with Crippen molar-refractivity contribution in [3.63, 3.8) is 0 Å². The third-order valence-corrected chi connectivity index (χ3v) is 6.39. The maximum Gasteiger partial charge on any atom is 0.227 e. The Hall–Kier alpha value is -3.28. The number of carbonyl (C=O) groups excluding carboxylic acids is 1. The SMILES string of the molecule is COc1ccc(OC)c(CC(=O)N2CCC[C@H](c3cc4c(C)c(OC)ccc4cn3)C2)c1. The number of pyridine rings is 1. The number of likely N-dealkylation sites (tertiary alicyclic amines) is 1. The van der Waals surface area contributed by atoms with Crippen LogP contribution in [0.4, 0.5) is 0 Å². The Kier molecular flexibility index (Phi) is 6.49. The van der Waals surface area contributed by atoms with Gasteiger partial charge >= 0.3 is 0 Å². The third kappa shape index (κ3) is 4.35. The van der Waals surface area contributed by atoms with Gasteiger partial charge < -0.3 is 19.1 Å². The molecule has 0 unspecified atom stereocenters. The maximum absolute atomic E-state index is 13.2. The lowest BCUT2D eigenvalue weighted by atomic mass is 9.92. The van der Waals surface area contributed by atoms with Gasteiger partial charge in [-0.25, -0.2) is 0 Å². The molecule has 1 atom stereocenters. The van der Waals surface area contributed by atoms with Gasteiger partial charge in [-0.2, -0.15) is 0 Å². The average molecular weight is 435 g/mol. The van der Waals surface area contributed by atoms with Crippen LogP contribution in [0.5, 0.6) is 17.2 Å². The van der Waals surface area contributed by atoms with Crippen LogP contribution in [0.3, 0.4) is 0 Å². The van der Waals surface area contributed by atoms with Crippen LogP contribution in [-0.2, 0) is 11.2 Å². The summed E-state index contributed by atoms with van der Waals surface area (Å²) in [6.45, 7) is 3.51. The summed E-state index contributed by atoms with van der Waals surface area (Å²) in [5.74, 6) is 2.61. The fourth-order valence-electron chi connectivity index (χ4n) is 4.55. The lowest BCUT2D eigenvalue weighted by Gasteiger charge is -2.33. The summed E-state index contributed by atoms with van der Waals surface area (Å²) >= 11 is 0. The molecule has 1 aliphatic heterocycles. The molecule has 2 aromatic carbocycles. The van der Waals surface area contributed by atoms with E-state index >= 15 is 0 Å². The summed E-state index contributed by atoms with van der Waals surface area (Å²) in [5, 5.41) is 2.25. The van der Waals surface area contributed by atoms with Gasteiger partial charge in [-0.3, -0.25) is 9.78 Å². The van der Waals surface area contributed by atoms with Gasteiger partial charge in [0, 0.05) is 41.8 Å². The zero-order valence-electron chi connectivity index (χ0n) is 19.2. The van der Waals surface area contributed by atoms with Gasteiger partial charge in [-0.15, -0.1) is 0 Å². The molecule has 0 bridgehead atoms. The minimum absolute atomic E-state index is 0.0971. The first kappa shape index (κ1) is 21.9. The van der Waals surface area contributed by atoms with Crippen molar-refractivity contribution in [3.05, 3.63) is 59.4 Å². The molecule has 2 heterocycles. The number of aryl methyl sites for hydroxylation is 1. The van der Waals surface area contributed by atoms with Gasteiger partial charge in [0.1, 0.15) is 17.2 Å². The normalized spacial score (nSPS) is 16.1. The van der Waals surface area contributed by atoms with Crippen molar-refractivity contribution in [2.75, 3.05) is 34.4 Å². The van der Waals surface area contributed by atoms with E-state index in [1.54, 1.807) is 21.3 Å². The molecule has 1 aromatic heterocycles. The first-order valence-corrected chi connectivity index (χ1v) is 11.0. The van der Waals surface area contributed by atoms with Crippen LogP contribution in [0.25, 0.3) is 10.8 Å². The van der Waals surface area contributed by atoms with E-state index in [4.69, 9.17) is 19.2 Å². The predicted octanol–water partition coefficient (Wildman–Crippen LogP) is 4.52. The number of rotatable bonds is 6. The Balaban J connectivity index is 1.53. The predicted molar refractivity (Wildman–Crippen MR) is 125 cm³/mol. The Bertz CT molecular complexity index is 1130. The zero-order chi connectivity index (χ0) is 22.7.